The summed E-state index contributed by atoms with van der Waals surface area (Å²) in [4.78, 5) is 12.7. The molecule has 0 fully saturated rings. The Kier molecular flexibility index (Phi) is 6.27. The molecule has 1 N–H and O–H groups in total. The summed E-state index contributed by atoms with van der Waals surface area (Å²) in [6.45, 7) is 8.52. The maximum Gasteiger partial charge on any atom is 0.237 e. The number of anilines is 1. The van der Waals surface area contributed by atoms with Crippen LogP contribution in [0.25, 0.3) is 0 Å². The number of carbonyl (C=O) groups excluding carboxylic acids is 1. The molecule has 0 saturated carbocycles. The van der Waals surface area contributed by atoms with Gasteiger partial charge in [0, 0.05) is 12.2 Å². The molecule has 2 heterocycles. The van der Waals surface area contributed by atoms with Crippen LogP contribution in [-0.2, 0) is 11.3 Å². The van der Waals surface area contributed by atoms with E-state index in [-0.39, 0.29) is 11.2 Å². The average molecular weight is 437 g/mol. The van der Waals surface area contributed by atoms with Gasteiger partial charge in [-0.15, -0.1) is 16.8 Å². The highest BCUT2D eigenvalue weighted by Crippen LogP contribution is 2.36. The number of allylic oxidation sites excluding steroid dienone is 1. The van der Waals surface area contributed by atoms with Crippen molar-refractivity contribution in [3.8, 4) is 11.5 Å². The van der Waals surface area contributed by atoms with Gasteiger partial charge in [0.2, 0.25) is 5.91 Å². The summed E-state index contributed by atoms with van der Waals surface area (Å²) in [5, 5.41) is 11.9. The fourth-order valence-corrected chi connectivity index (χ4v) is 4.03. The van der Waals surface area contributed by atoms with Crippen molar-refractivity contribution in [2.75, 3.05) is 11.9 Å². The smallest absolute Gasteiger partial charge is 0.237 e. The first kappa shape index (κ1) is 21.0. The van der Waals surface area contributed by atoms with Gasteiger partial charge in [0.05, 0.1) is 5.25 Å². The first-order chi connectivity index (χ1) is 15.0. The van der Waals surface area contributed by atoms with Gasteiger partial charge in [0.25, 0.3) is 0 Å². The maximum absolute atomic E-state index is 12.7. The van der Waals surface area contributed by atoms with Crippen LogP contribution in [-0.4, -0.2) is 32.5 Å². The van der Waals surface area contributed by atoms with Crippen LogP contribution in [0.2, 0.25) is 0 Å². The number of hydrogen-bond donors (Lipinski definition) is 1. The van der Waals surface area contributed by atoms with Crippen molar-refractivity contribution in [1.82, 2.24) is 14.8 Å². The molecule has 8 heteroatoms. The largest absolute Gasteiger partial charge is 0.485 e. The van der Waals surface area contributed by atoms with Crippen LogP contribution in [0.4, 0.5) is 5.69 Å². The number of aromatic nitrogens is 3. The number of ether oxygens (including phenoxy) is 2. The Labute approximate surface area is 185 Å². The van der Waals surface area contributed by atoms with Crippen LogP contribution < -0.4 is 14.8 Å². The van der Waals surface area contributed by atoms with E-state index in [2.05, 4.69) is 22.1 Å². The predicted molar refractivity (Wildman–Crippen MR) is 121 cm³/mol. The van der Waals surface area contributed by atoms with E-state index >= 15 is 0 Å². The second-order valence-corrected chi connectivity index (χ2v) is 8.53. The van der Waals surface area contributed by atoms with Gasteiger partial charge in [-0.25, -0.2) is 0 Å². The van der Waals surface area contributed by atoms with Gasteiger partial charge >= 0.3 is 0 Å². The second kappa shape index (κ2) is 9.26. The topological polar surface area (TPSA) is 78.3 Å². The monoisotopic (exact) mass is 436 g/mol. The molecule has 2 atom stereocenters. The number of nitrogens with zero attached hydrogens (tertiary/aromatic N) is 3. The predicted octanol–water partition coefficient (Wildman–Crippen LogP) is 4.40. The number of aryl methyl sites for hydroxylation is 1. The summed E-state index contributed by atoms with van der Waals surface area (Å²) < 4.78 is 13.8. The number of hydrogen-bond acceptors (Lipinski definition) is 6. The summed E-state index contributed by atoms with van der Waals surface area (Å²) in [5.74, 6) is 1.93. The number of fused-ring (bicyclic) bond motifs is 1. The summed E-state index contributed by atoms with van der Waals surface area (Å²) in [7, 11) is 0. The van der Waals surface area contributed by atoms with E-state index in [9.17, 15) is 4.79 Å². The Bertz CT molecular complexity index is 1080. The zero-order valence-corrected chi connectivity index (χ0v) is 18.3. The van der Waals surface area contributed by atoms with E-state index in [4.69, 9.17) is 9.47 Å². The minimum atomic E-state index is -0.395. The van der Waals surface area contributed by atoms with E-state index in [1.165, 1.54) is 11.8 Å². The summed E-state index contributed by atoms with van der Waals surface area (Å²) in [5.41, 5.74) is 1.91. The number of amides is 1. The Morgan fingerprint density at radius 3 is 2.74 bits per heavy atom. The Morgan fingerprint density at radius 1 is 1.26 bits per heavy atom. The molecule has 1 aliphatic rings. The van der Waals surface area contributed by atoms with Crippen molar-refractivity contribution in [2.45, 2.75) is 36.9 Å². The zero-order valence-electron chi connectivity index (χ0n) is 17.4. The summed E-state index contributed by atoms with van der Waals surface area (Å²) in [6.07, 6.45) is 1.37. The molecular formula is C23H24N4O3S. The lowest BCUT2D eigenvalue weighted by molar-refractivity contribution is -0.115. The van der Waals surface area contributed by atoms with E-state index in [0.717, 1.165) is 11.3 Å². The molecule has 2 aromatic carbocycles. The van der Waals surface area contributed by atoms with Gasteiger partial charge in [0.1, 0.15) is 6.61 Å². The van der Waals surface area contributed by atoms with E-state index in [1.807, 2.05) is 66.9 Å². The Morgan fingerprint density at radius 2 is 2.00 bits per heavy atom. The Hall–Kier alpha value is -3.26. The van der Waals surface area contributed by atoms with Gasteiger partial charge in [-0.1, -0.05) is 47.7 Å². The second-order valence-electron chi connectivity index (χ2n) is 7.22. The van der Waals surface area contributed by atoms with Crippen LogP contribution in [0.3, 0.4) is 0 Å². The van der Waals surface area contributed by atoms with Crippen molar-refractivity contribution >= 4 is 23.4 Å². The number of para-hydroxylation sites is 2. The van der Waals surface area contributed by atoms with Gasteiger partial charge < -0.3 is 14.8 Å². The van der Waals surface area contributed by atoms with Crippen molar-refractivity contribution in [2.24, 2.45) is 0 Å². The quantitative estimate of drug-likeness (QED) is 0.437. The third kappa shape index (κ3) is 4.74. The van der Waals surface area contributed by atoms with Crippen LogP contribution in [0.5, 0.6) is 11.5 Å². The highest BCUT2D eigenvalue weighted by Gasteiger charge is 2.29. The van der Waals surface area contributed by atoms with Crippen molar-refractivity contribution in [1.29, 1.82) is 0 Å². The summed E-state index contributed by atoms with van der Waals surface area (Å²) in [6, 6.07) is 15.2. The molecule has 3 aromatic rings. The molecule has 2 unspecified atom stereocenters. The molecule has 7 nitrogen and oxygen atoms in total. The van der Waals surface area contributed by atoms with Crippen molar-refractivity contribution < 1.29 is 14.3 Å². The highest BCUT2D eigenvalue weighted by molar-refractivity contribution is 8.00. The molecule has 1 aromatic heterocycles. The number of carbonyl (C=O) groups is 1. The molecule has 4 rings (SSSR count). The molecular weight excluding hydrogens is 412 g/mol. The molecule has 31 heavy (non-hydrogen) atoms. The van der Waals surface area contributed by atoms with Crippen molar-refractivity contribution in [3.63, 3.8) is 0 Å². The van der Waals surface area contributed by atoms with Gasteiger partial charge in [-0.3, -0.25) is 9.36 Å². The molecule has 160 valence electrons. The molecule has 0 bridgehead atoms. The normalized spacial score (nSPS) is 15.9. The lowest BCUT2D eigenvalue weighted by Gasteiger charge is -2.26. The van der Waals surface area contributed by atoms with E-state index < -0.39 is 6.10 Å². The number of rotatable bonds is 7. The lowest BCUT2D eigenvalue weighted by Crippen LogP contribution is -2.25. The fourth-order valence-electron chi connectivity index (χ4n) is 3.17. The fraction of sp³-hybridized carbons (Fsp3) is 0.261. The third-order valence-corrected chi connectivity index (χ3v) is 5.90. The molecule has 0 radical (unpaired) electrons. The molecule has 1 aliphatic heterocycles. The molecule has 0 aliphatic carbocycles. The molecule has 0 saturated heterocycles. The van der Waals surface area contributed by atoms with E-state index in [1.54, 1.807) is 6.08 Å². The van der Waals surface area contributed by atoms with Crippen LogP contribution in [0, 0.1) is 6.92 Å². The molecule has 1 amide bonds. The third-order valence-electron chi connectivity index (χ3n) is 4.82. The number of benzene rings is 2. The van der Waals surface area contributed by atoms with Gasteiger partial charge in [-0.05, 0) is 38.1 Å². The SMILES string of the molecule is C=CCn1c(SC(C)C(=O)Nc2ccc(C)cc2)nnc1C1COc2ccccc2O1. The molecule has 0 spiro atoms. The van der Waals surface area contributed by atoms with Crippen LogP contribution >= 0.6 is 11.8 Å². The summed E-state index contributed by atoms with van der Waals surface area (Å²) >= 11 is 1.34. The van der Waals surface area contributed by atoms with E-state index in [0.29, 0.717) is 35.6 Å². The van der Waals surface area contributed by atoms with Crippen LogP contribution in [0.1, 0.15) is 24.4 Å². The highest BCUT2D eigenvalue weighted by atomic mass is 32.2. The number of nitrogens with one attached hydrogen (secondary N) is 1. The van der Waals surface area contributed by atoms with Gasteiger partial charge in [-0.2, -0.15) is 0 Å². The zero-order chi connectivity index (χ0) is 21.8. The van der Waals surface area contributed by atoms with Crippen molar-refractivity contribution in [3.05, 3.63) is 72.6 Å². The standard InChI is InChI=1S/C23H24N4O3S/c1-4-13-27-21(20-14-29-18-7-5-6-8-19(18)30-20)25-26-23(27)31-16(3)22(28)24-17-11-9-15(2)10-12-17/h4-12,16,20H,1,13-14H2,2-3H3,(H,24,28). The number of thioether (sulfide) groups is 1. The average Bonchev–Trinajstić information content (AvgIpc) is 3.17. The van der Waals surface area contributed by atoms with Gasteiger partial charge in [0.15, 0.2) is 28.6 Å². The first-order valence-corrected chi connectivity index (χ1v) is 10.9. The Balaban J connectivity index is 1.48. The van der Waals surface area contributed by atoms with Crippen LogP contribution in [0.15, 0.2) is 66.3 Å². The maximum atomic E-state index is 12.7. The lowest BCUT2D eigenvalue weighted by atomic mass is 10.2. The minimum Gasteiger partial charge on any atom is -0.485 e. The minimum absolute atomic E-state index is 0.102. The first-order valence-electron chi connectivity index (χ1n) is 10.0.